The van der Waals surface area contributed by atoms with Crippen molar-refractivity contribution < 1.29 is 29.2 Å². The van der Waals surface area contributed by atoms with Crippen LogP contribution in [0.3, 0.4) is 0 Å². The Morgan fingerprint density at radius 3 is 2.42 bits per heavy atom. The third-order valence-electron chi connectivity index (χ3n) is 3.17. The van der Waals surface area contributed by atoms with E-state index < -0.39 is 40.3 Å². The first-order valence-corrected chi connectivity index (χ1v) is 7.89. The maximum absolute atomic E-state index is 12.1. The summed E-state index contributed by atoms with van der Waals surface area (Å²) in [6.07, 6.45) is -5.65. The Hall–Kier alpha value is -1.09. The molecule has 1 aliphatic rings. The Labute approximate surface area is 152 Å². The molecule has 0 aliphatic carbocycles. The number of hydrogen-bond acceptors (Lipinski definition) is 7. The number of aliphatic hydroxyl groups excluding tert-OH is 2. The summed E-state index contributed by atoms with van der Waals surface area (Å²) in [5.41, 5.74) is 0.222. The van der Waals surface area contributed by atoms with Crippen LogP contribution in [0.2, 0.25) is 0 Å². The van der Waals surface area contributed by atoms with Gasteiger partial charge in [-0.2, -0.15) is 0 Å². The van der Waals surface area contributed by atoms with Gasteiger partial charge in [0.15, 0.2) is 6.10 Å². The molecule has 4 atom stereocenters. The van der Waals surface area contributed by atoms with Gasteiger partial charge in [0.2, 0.25) is 12.2 Å². The van der Waals surface area contributed by atoms with Crippen LogP contribution < -0.4 is 0 Å². The smallest absolute Gasteiger partial charge is 0.338 e. The van der Waals surface area contributed by atoms with E-state index in [1.165, 1.54) is 12.1 Å². The first-order valence-electron chi connectivity index (χ1n) is 6.76. The molecule has 2 rings (SSSR count). The highest BCUT2D eigenvalue weighted by Crippen LogP contribution is 2.30. The molecule has 1 heterocycles. The van der Waals surface area contributed by atoms with Crippen molar-refractivity contribution in [3.8, 4) is 0 Å². The summed E-state index contributed by atoms with van der Waals surface area (Å²) in [6.45, 7) is -0.307. The van der Waals surface area contributed by atoms with E-state index >= 15 is 0 Å². The van der Waals surface area contributed by atoms with Crippen molar-refractivity contribution in [1.82, 2.24) is 0 Å². The molecule has 1 aromatic carbocycles. The van der Waals surface area contributed by atoms with Crippen molar-refractivity contribution in [1.29, 1.82) is 5.41 Å². The Bertz CT molecular complexity index is 594. The van der Waals surface area contributed by atoms with E-state index in [-0.39, 0.29) is 12.2 Å². The number of alkyl halides is 3. The van der Waals surface area contributed by atoms with E-state index in [9.17, 15) is 15.0 Å². The topological polar surface area (TPSA) is 109 Å². The Kier molecular flexibility index (Phi) is 6.30. The predicted molar refractivity (Wildman–Crippen MR) is 86.5 cm³/mol. The highest BCUT2D eigenvalue weighted by molar-refractivity contribution is 6.76. The molecule has 7 nitrogen and oxygen atoms in total. The van der Waals surface area contributed by atoms with Gasteiger partial charge >= 0.3 is 5.97 Å². The summed E-state index contributed by atoms with van der Waals surface area (Å²) in [7, 11) is 0. The Morgan fingerprint density at radius 2 is 1.83 bits per heavy atom. The van der Waals surface area contributed by atoms with Crippen molar-refractivity contribution in [3.05, 3.63) is 35.9 Å². The lowest BCUT2D eigenvalue weighted by atomic mass is 10.1. The first-order chi connectivity index (χ1) is 11.2. The molecule has 0 unspecified atom stereocenters. The monoisotopic (exact) mass is 397 g/mol. The quantitative estimate of drug-likeness (QED) is 0.309. The number of benzene rings is 1. The van der Waals surface area contributed by atoms with E-state index in [1.807, 2.05) is 0 Å². The Morgan fingerprint density at radius 1 is 1.21 bits per heavy atom. The summed E-state index contributed by atoms with van der Waals surface area (Å²) >= 11 is 16.6. The normalized spacial score (nSPS) is 27.4. The SMILES string of the molecule is N=C(O[C@H]1OC[C@H](O)[C@H](O)[C@H]1OC(=O)c1ccccc1)C(Cl)(Cl)Cl. The van der Waals surface area contributed by atoms with Crippen LogP contribution in [-0.4, -0.2) is 57.1 Å². The average Bonchev–Trinajstić information content (AvgIpc) is 2.54. The minimum Gasteiger partial charge on any atom is -0.449 e. The molecule has 0 spiro atoms. The highest BCUT2D eigenvalue weighted by Gasteiger charge is 2.45. The molecule has 0 bridgehead atoms. The molecular weight excluding hydrogens is 385 g/mol. The van der Waals surface area contributed by atoms with Crippen LogP contribution in [0, 0.1) is 5.41 Å². The number of rotatable bonds is 3. The van der Waals surface area contributed by atoms with Crippen LogP contribution >= 0.6 is 34.8 Å². The molecule has 132 valence electrons. The summed E-state index contributed by atoms with van der Waals surface area (Å²) in [4.78, 5) is 12.1. The third kappa shape index (κ3) is 4.72. The minimum absolute atomic E-state index is 0.222. The van der Waals surface area contributed by atoms with E-state index in [0.29, 0.717) is 0 Å². The number of hydrogen-bond donors (Lipinski definition) is 3. The molecule has 1 aromatic rings. The maximum Gasteiger partial charge on any atom is 0.338 e. The fraction of sp³-hybridized carbons (Fsp3) is 0.429. The van der Waals surface area contributed by atoms with Crippen LogP contribution in [-0.2, 0) is 14.2 Å². The van der Waals surface area contributed by atoms with Crippen molar-refractivity contribution in [3.63, 3.8) is 0 Å². The van der Waals surface area contributed by atoms with Crippen LogP contribution in [0.15, 0.2) is 30.3 Å². The number of aliphatic hydroxyl groups is 2. The van der Waals surface area contributed by atoms with E-state index in [0.717, 1.165) is 0 Å². The van der Waals surface area contributed by atoms with Crippen LogP contribution in [0.1, 0.15) is 10.4 Å². The standard InChI is InChI=1S/C14H14Cl3NO6/c15-14(16,17)13(18)24-12-10(9(20)8(19)6-22-12)23-11(21)7-4-2-1-3-5-7/h1-5,8-10,12,18-20H,6H2/t8-,9-,10+,12+/m0/s1. The molecule has 0 radical (unpaired) electrons. The number of carbonyl (C=O) groups is 1. The predicted octanol–water partition coefficient (Wildman–Crippen LogP) is 1.65. The minimum atomic E-state index is -2.15. The second-order valence-electron chi connectivity index (χ2n) is 4.94. The van der Waals surface area contributed by atoms with Crippen LogP contribution in [0.4, 0.5) is 0 Å². The van der Waals surface area contributed by atoms with Gasteiger partial charge in [-0.15, -0.1) is 0 Å². The second kappa shape index (κ2) is 7.86. The van der Waals surface area contributed by atoms with Crippen LogP contribution in [0.5, 0.6) is 0 Å². The lowest BCUT2D eigenvalue weighted by Crippen LogP contribution is -2.56. The van der Waals surface area contributed by atoms with E-state index in [2.05, 4.69) is 0 Å². The maximum atomic E-state index is 12.1. The van der Waals surface area contributed by atoms with E-state index in [1.54, 1.807) is 18.2 Å². The fourth-order valence-electron chi connectivity index (χ4n) is 1.94. The van der Waals surface area contributed by atoms with Gasteiger partial charge in [0.25, 0.3) is 3.79 Å². The molecule has 1 fully saturated rings. The number of nitrogens with one attached hydrogen (secondary N) is 1. The number of carbonyl (C=O) groups excluding carboxylic acids is 1. The van der Waals surface area contributed by atoms with Gasteiger partial charge in [-0.3, -0.25) is 5.41 Å². The van der Waals surface area contributed by atoms with Gasteiger partial charge in [-0.25, -0.2) is 4.79 Å². The van der Waals surface area contributed by atoms with Gasteiger partial charge in [-0.1, -0.05) is 53.0 Å². The van der Waals surface area contributed by atoms with Crippen molar-refractivity contribution in [2.45, 2.75) is 28.4 Å². The largest absolute Gasteiger partial charge is 0.449 e. The summed E-state index contributed by atoms with van der Waals surface area (Å²) in [6, 6.07) is 7.99. The van der Waals surface area contributed by atoms with Crippen LogP contribution in [0.25, 0.3) is 0 Å². The van der Waals surface area contributed by atoms with Gasteiger partial charge in [-0.05, 0) is 12.1 Å². The molecule has 10 heteroatoms. The second-order valence-corrected chi connectivity index (χ2v) is 7.22. The van der Waals surface area contributed by atoms with Crippen molar-refractivity contribution in [2.24, 2.45) is 0 Å². The van der Waals surface area contributed by atoms with Gasteiger partial charge < -0.3 is 24.4 Å². The molecule has 3 N–H and O–H groups in total. The fourth-order valence-corrected chi connectivity index (χ4v) is 2.08. The third-order valence-corrected chi connectivity index (χ3v) is 3.69. The molecule has 0 amide bonds. The number of halogens is 3. The number of ether oxygens (including phenoxy) is 3. The van der Waals surface area contributed by atoms with Crippen molar-refractivity contribution >= 4 is 46.7 Å². The van der Waals surface area contributed by atoms with Gasteiger partial charge in [0.05, 0.1) is 12.2 Å². The average molecular weight is 399 g/mol. The lowest BCUT2D eigenvalue weighted by molar-refractivity contribution is -0.246. The van der Waals surface area contributed by atoms with Crippen molar-refractivity contribution in [2.75, 3.05) is 6.61 Å². The molecule has 1 aliphatic heterocycles. The zero-order valence-corrected chi connectivity index (χ0v) is 14.3. The highest BCUT2D eigenvalue weighted by atomic mass is 35.6. The zero-order valence-electron chi connectivity index (χ0n) is 12.1. The van der Waals surface area contributed by atoms with E-state index in [4.69, 9.17) is 54.4 Å². The first kappa shape index (κ1) is 19.2. The Balaban J connectivity index is 2.14. The molecule has 1 saturated heterocycles. The molecule has 24 heavy (non-hydrogen) atoms. The van der Waals surface area contributed by atoms with Gasteiger partial charge in [0.1, 0.15) is 12.2 Å². The molecule has 0 saturated carbocycles. The zero-order chi connectivity index (χ0) is 17.9. The lowest BCUT2D eigenvalue weighted by Gasteiger charge is -2.37. The number of esters is 1. The molecule has 0 aromatic heterocycles. The summed E-state index contributed by atoms with van der Waals surface area (Å²) < 4.78 is 13.2. The van der Waals surface area contributed by atoms with Gasteiger partial charge in [0, 0.05) is 0 Å². The molecular formula is C14H14Cl3NO6. The summed E-state index contributed by atoms with van der Waals surface area (Å²) in [5.74, 6) is -1.55. The summed E-state index contributed by atoms with van der Waals surface area (Å²) in [5, 5.41) is 27.3.